The van der Waals surface area contributed by atoms with Crippen molar-refractivity contribution in [1.82, 2.24) is 10.2 Å². The maximum atomic E-state index is 13.5. The van der Waals surface area contributed by atoms with Gasteiger partial charge in [0.25, 0.3) is 0 Å². The molecule has 1 heterocycles. The number of nitrogens with one attached hydrogen (secondary N) is 1. The maximum Gasteiger partial charge on any atom is 0.308 e. The van der Waals surface area contributed by atoms with Crippen LogP contribution in [0.15, 0.2) is 48.5 Å². The van der Waals surface area contributed by atoms with Gasteiger partial charge >= 0.3 is 5.97 Å². The summed E-state index contributed by atoms with van der Waals surface area (Å²) in [4.78, 5) is 40.1. The van der Waals surface area contributed by atoms with Gasteiger partial charge in [0.2, 0.25) is 11.8 Å². The summed E-state index contributed by atoms with van der Waals surface area (Å²) in [6.07, 6.45) is 1.74. The Kier molecular flexibility index (Phi) is 9.51. The van der Waals surface area contributed by atoms with Gasteiger partial charge in [0.1, 0.15) is 11.8 Å². The van der Waals surface area contributed by atoms with E-state index in [0.717, 1.165) is 22.4 Å². The number of esters is 1. The first-order valence-electron chi connectivity index (χ1n) is 12.7. The van der Waals surface area contributed by atoms with Crippen LogP contribution >= 0.6 is 0 Å². The van der Waals surface area contributed by atoms with Gasteiger partial charge in [0.05, 0.1) is 19.6 Å². The monoisotopic (exact) mass is 494 g/mol. The minimum absolute atomic E-state index is 0.133. The van der Waals surface area contributed by atoms with E-state index in [4.69, 9.17) is 9.47 Å². The fraction of sp³-hybridized carbons (Fsp3) is 0.483. The van der Waals surface area contributed by atoms with E-state index in [2.05, 4.69) is 5.32 Å². The van der Waals surface area contributed by atoms with E-state index in [1.54, 1.807) is 4.90 Å². The molecular weight excluding hydrogens is 456 g/mol. The zero-order valence-electron chi connectivity index (χ0n) is 21.8. The minimum atomic E-state index is -0.860. The molecule has 1 atom stereocenters. The van der Waals surface area contributed by atoms with Crippen LogP contribution in [0.25, 0.3) is 0 Å². The van der Waals surface area contributed by atoms with Gasteiger partial charge in [-0.15, -0.1) is 0 Å². The molecule has 2 aromatic carbocycles. The lowest BCUT2D eigenvalue weighted by Gasteiger charge is -2.39. The highest BCUT2D eigenvalue weighted by molar-refractivity contribution is 5.93. The van der Waals surface area contributed by atoms with Crippen LogP contribution in [-0.4, -0.2) is 55.0 Å². The lowest BCUT2D eigenvalue weighted by atomic mass is 9.85. The molecule has 1 aliphatic heterocycles. The Morgan fingerprint density at radius 3 is 2.58 bits per heavy atom. The van der Waals surface area contributed by atoms with E-state index >= 15 is 0 Å². The van der Waals surface area contributed by atoms with Gasteiger partial charge in [0.15, 0.2) is 0 Å². The third-order valence-electron chi connectivity index (χ3n) is 6.57. The summed E-state index contributed by atoms with van der Waals surface area (Å²) < 4.78 is 11.3. The highest BCUT2D eigenvalue weighted by atomic mass is 16.5. The molecule has 2 amide bonds. The van der Waals surface area contributed by atoms with E-state index in [0.29, 0.717) is 39.0 Å². The van der Waals surface area contributed by atoms with Crippen molar-refractivity contribution in [3.05, 3.63) is 65.2 Å². The van der Waals surface area contributed by atoms with E-state index in [-0.39, 0.29) is 24.8 Å². The summed E-state index contributed by atoms with van der Waals surface area (Å²) in [5.74, 6) is -0.0713. The molecule has 1 N–H and O–H groups in total. The average molecular weight is 495 g/mol. The third kappa shape index (κ3) is 7.57. The molecule has 3 rings (SSSR count). The fourth-order valence-electron chi connectivity index (χ4n) is 4.36. The highest BCUT2D eigenvalue weighted by Crippen LogP contribution is 2.28. The zero-order valence-corrected chi connectivity index (χ0v) is 21.8. The summed E-state index contributed by atoms with van der Waals surface area (Å²) in [6.45, 7) is 9.28. The van der Waals surface area contributed by atoms with Crippen molar-refractivity contribution >= 4 is 17.8 Å². The van der Waals surface area contributed by atoms with Crippen LogP contribution in [0.2, 0.25) is 0 Å². The van der Waals surface area contributed by atoms with Crippen molar-refractivity contribution in [2.24, 2.45) is 5.41 Å². The number of rotatable bonds is 11. The van der Waals surface area contributed by atoms with Gasteiger partial charge in [-0.05, 0) is 49.4 Å². The fourth-order valence-corrected chi connectivity index (χ4v) is 4.36. The van der Waals surface area contributed by atoms with Crippen molar-refractivity contribution in [1.29, 1.82) is 0 Å². The van der Waals surface area contributed by atoms with E-state index in [9.17, 15) is 14.4 Å². The SMILES string of the molecule is Cc1ccc(C)c(OCCCC(C)(C)C(=O)N2CCNC(=O)C2CC(=O)OCCc2ccccc2)c1. The molecule has 36 heavy (non-hydrogen) atoms. The lowest BCUT2D eigenvalue weighted by molar-refractivity contribution is -0.155. The van der Waals surface area contributed by atoms with Crippen molar-refractivity contribution in [2.45, 2.75) is 59.4 Å². The normalized spacial score (nSPS) is 15.8. The number of carbonyl (C=O) groups is 3. The number of hydrogen-bond donors (Lipinski definition) is 1. The van der Waals surface area contributed by atoms with Crippen LogP contribution in [0.3, 0.4) is 0 Å². The first-order valence-corrected chi connectivity index (χ1v) is 12.7. The molecule has 2 aromatic rings. The molecule has 194 valence electrons. The number of aryl methyl sites for hydroxylation is 2. The molecule has 7 nitrogen and oxygen atoms in total. The van der Waals surface area contributed by atoms with Gasteiger partial charge in [0, 0.05) is 24.9 Å². The van der Waals surface area contributed by atoms with Crippen LogP contribution in [0.1, 0.15) is 49.8 Å². The van der Waals surface area contributed by atoms with Crippen LogP contribution in [0.4, 0.5) is 0 Å². The van der Waals surface area contributed by atoms with E-state index < -0.39 is 17.4 Å². The summed E-state index contributed by atoms with van der Waals surface area (Å²) >= 11 is 0. The molecule has 7 heteroatoms. The summed E-state index contributed by atoms with van der Waals surface area (Å²) in [5.41, 5.74) is 2.59. The average Bonchev–Trinajstić information content (AvgIpc) is 2.85. The molecule has 0 radical (unpaired) electrons. The van der Waals surface area contributed by atoms with Crippen LogP contribution in [0.5, 0.6) is 5.75 Å². The zero-order chi connectivity index (χ0) is 26.1. The van der Waals surface area contributed by atoms with Gasteiger partial charge in [-0.3, -0.25) is 14.4 Å². The first kappa shape index (κ1) is 27.2. The molecule has 1 unspecified atom stereocenters. The molecule has 0 bridgehead atoms. The Bertz CT molecular complexity index is 1050. The molecule has 0 aromatic heterocycles. The Morgan fingerprint density at radius 1 is 1.08 bits per heavy atom. The second kappa shape index (κ2) is 12.6. The third-order valence-corrected chi connectivity index (χ3v) is 6.57. The molecule has 1 saturated heterocycles. The van der Waals surface area contributed by atoms with Crippen molar-refractivity contribution < 1.29 is 23.9 Å². The number of piperazine rings is 1. The topological polar surface area (TPSA) is 84.9 Å². The number of benzene rings is 2. The predicted molar refractivity (Wildman–Crippen MR) is 139 cm³/mol. The molecule has 1 aliphatic rings. The Hall–Kier alpha value is -3.35. The molecule has 0 saturated carbocycles. The number of ether oxygens (including phenoxy) is 2. The van der Waals surface area contributed by atoms with Gasteiger partial charge in [-0.2, -0.15) is 0 Å². The van der Waals surface area contributed by atoms with Crippen LogP contribution < -0.4 is 10.1 Å². The summed E-state index contributed by atoms with van der Waals surface area (Å²) in [5, 5.41) is 2.78. The molecule has 1 fully saturated rings. The standard InChI is InChI=1S/C29H38N2O5/c1-21-11-12-22(2)25(19-21)35-17-8-14-29(3,4)28(34)31-16-15-30-27(33)24(31)20-26(32)36-18-13-23-9-6-5-7-10-23/h5-7,9-12,19,24H,8,13-18,20H2,1-4H3,(H,30,33). The number of nitrogens with zero attached hydrogens (tertiary/aromatic N) is 1. The molecular formula is C29H38N2O5. The summed E-state index contributed by atoms with van der Waals surface area (Å²) in [7, 11) is 0. The van der Waals surface area contributed by atoms with Crippen molar-refractivity contribution in [3.63, 3.8) is 0 Å². The molecule has 0 spiro atoms. The van der Waals surface area contributed by atoms with Crippen LogP contribution in [0, 0.1) is 19.3 Å². The first-order chi connectivity index (χ1) is 17.2. The minimum Gasteiger partial charge on any atom is -0.493 e. The Balaban J connectivity index is 1.52. The van der Waals surface area contributed by atoms with Gasteiger partial charge in [-0.25, -0.2) is 0 Å². The number of amides is 2. The number of hydrogen-bond acceptors (Lipinski definition) is 5. The molecule has 0 aliphatic carbocycles. The van der Waals surface area contributed by atoms with E-state index in [1.807, 2.05) is 76.2 Å². The lowest BCUT2D eigenvalue weighted by Crippen LogP contribution is -2.60. The Morgan fingerprint density at radius 2 is 1.83 bits per heavy atom. The van der Waals surface area contributed by atoms with Crippen molar-refractivity contribution in [3.8, 4) is 5.75 Å². The van der Waals surface area contributed by atoms with Gasteiger partial charge < -0.3 is 19.7 Å². The quantitative estimate of drug-likeness (QED) is 0.377. The summed E-state index contributed by atoms with van der Waals surface area (Å²) in [6, 6.07) is 15.0. The Labute approximate surface area is 214 Å². The van der Waals surface area contributed by atoms with Crippen LogP contribution in [-0.2, 0) is 25.5 Å². The van der Waals surface area contributed by atoms with E-state index in [1.165, 1.54) is 0 Å². The smallest absolute Gasteiger partial charge is 0.308 e. The highest BCUT2D eigenvalue weighted by Gasteiger charge is 2.40. The maximum absolute atomic E-state index is 13.5. The van der Waals surface area contributed by atoms with Gasteiger partial charge in [-0.1, -0.05) is 56.3 Å². The second-order valence-corrected chi connectivity index (χ2v) is 10.1. The number of carbonyl (C=O) groups excluding carboxylic acids is 3. The van der Waals surface area contributed by atoms with Crippen molar-refractivity contribution in [2.75, 3.05) is 26.3 Å². The largest absolute Gasteiger partial charge is 0.493 e. The second-order valence-electron chi connectivity index (χ2n) is 10.1. The predicted octanol–water partition coefficient (Wildman–Crippen LogP) is 3.99.